The molecule has 0 radical (unpaired) electrons. The van der Waals surface area contributed by atoms with Crippen LogP contribution in [-0.4, -0.2) is 35.7 Å². The first-order valence-electron chi connectivity index (χ1n) is 7.26. The van der Waals surface area contributed by atoms with Crippen LogP contribution in [0.3, 0.4) is 0 Å². The van der Waals surface area contributed by atoms with Gasteiger partial charge in [0.25, 0.3) is 0 Å². The normalized spacial score (nSPS) is 12.0. The summed E-state index contributed by atoms with van der Waals surface area (Å²) < 4.78 is 3.43. The molecular weight excluding hydrogens is 294 g/mol. The lowest BCUT2D eigenvalue weighted by molar-refractivity contribution is -0.121. The molecule has 8 heteroatoms. The predicted molar refractivity (Wildman–Crippen MR) is 82.1 cm³/mol. The molecule has 0 unspecified atom stereocenters. The molecule has 23 heavy (non-hydrogen) atoms. The number of rotatable bonds is 6. The molecule has 1 amide bonds. The van der Waals surface area contributed by atoms with Crippen molar-refractivity contribution in [3.05, 3.63) is 60.4 Å². The topological polar surface area (TPSA) is 90.5 Å². The van der Waals surface area contributed by atoms with Gasteiger partial charge in [-0.3, -0.25) is 4.79 Å². The summed E-state index contributed by atoms with van der Waals surface area (Å²) in [5.74, 6) is 0.698. The van der Waals surface area contributed by atoms with Crippen molar-refractivity contribution in [1.29, 1.82) is 0 Å². The van der Waals surface area contributed by atoms with E-state index in [-0.39, 0.29) is 11.9 Å². The highest BCUT2D eigenvalue weighted by Crippen LogP contribution is 2.20. The number of benzene rings is 1. The van der Waals surface area contributed by atoms with Crippen molar-refractivity contribution < 1.29 is 4.79 Å². The van der Waals surface area contributed by atoms with Gasteiger partial charge in [-0.25, -0.2) is 9.67 Å². The van der Waals surface area contributed by atoms with Gasteiger partial charge < -0.3 is 9.88 Å². The summed E-state index contributed by atoms with van der Waals surface area (Å²) in [4.78, 5) is 16.7. The van der Waals surface area contributed by atoms with Crippen molar-refractivity contribution in [2.45, 2.75) is 19.0 Å². The highest BCUT2D eigenvalue weighted by molar-refractivity contribution is 5.76. The van der Waals surface area contributed by atoms with Gasteiger partial charge in [0.2, 0.25) is 5.91 Å². The van der Waals surface area contributed by atoms with E-state index in [9.17, 15) is 4.79 Å². The lowest BCUT2D eigenvalue weighted by Crippen LogP contribution is -2.31. The second-order valence-electron chi connectivity index (χ2n) is 5.13. The molecule has 1 N–H and O–H groups in total. The third-order valence-corrected chi connectivity index (χ3v) is 3.51. The van der Waals surface area contributed by atoms with Crippen LogP contribution in [-0.2, 0) is 18.4 Å². The number of aryl methyl sites for hydroxylation is 2. The van der Waals surface area contributed by atoms with Crippen LogP contribution in [0.2, 0.25) is 0 Å². The molecule has 0 saturated heterocycles. The molecule has 0 bridgehead atoms. The van der Waals surface area contributed by atoms with Crippen molar-refractivity contribution >= 4 is 5.91 Å². The summed E-state index contributed by atoms with van der Waals surface area (Å²) in [5, 5.41) is 13.9. The zero-order valence-corrected chi connectivity index (χ0v) is 12.7. The third kappa shape index (κ3) is 3.60. The molecule has 0 aliphatic rings. The molecule has 1 atom stereocenters. The van der Waals surface area contributed by atoms with Crippen molar-refractivity contribution in [1.82, 2.24) is 35.1 Å². The van der Waals surface area contributed by atoms with E-state index in [1.807, 2.05) is 48.1 Å². The summed E-state index contributed by atoms with van der Waals surface area (Å²) in [6.07, 6.45) is 5.36. The predicted octanol–water partition coefficient (Wildman–Crippen LogP) is 0.702. The smallest absolute Gasteiger partial charge is 0.222 e. The number of tetrazole rings is 1. The summed E-state index contributed by atoms with van der Waals surface area (Å²) in [6, 6.07) is 9.48. The number of nitrogens with one attached hydrogen (secondary N) is 1. The highest BCUT2D eigenvalue weighted by atomic mass is 16.1. The van der Waals surface area contributed by atoms with Crippen LogP contribution in [0.15, 0.2) is 49.1 Å². The largest absolute Gasteiger partial charge is 0.342 e. The Balaban J connectivity index is 1.74. The fourth-order valence-electron chi connectivity index (χ4n) is 2.33. The molecule has 0 spiro atoms. The van der Waals surface area contributed by atoms with Gasteiger partial charge in [0, 0.05) is 25.9 Å². The molecule has 0 fully saturated rings. The number of hydrogen-bond acceptors (Lipinski definition) is 5. The van der Waals surface area contributed by atoms with Gasteiger partial charge in [0.15, 0.2) is 0 Å². The van der Waals surface area contributed by atoms with E-state index in [4.69, 9.17) is 0 Å². The van der Waals surface area contributed by atoms with Crippen molar-refractivity contribution in [2.75, 3.05) is 0 Å². The molecule has 3 aromatic rings. The fourth-order valence-corrected chi connectivity index (χ4v) is 2.33. The van der Waals surface area contributed by atoms with Crippen LogP contribution in [0.5, 0.6) is 0 Å². The number of nitrogens with zero attached hydrogens (tertiary/aromatic N) is 6. The number of carbonyl (C=O) groups excluding carboxylic acids is 1. The Hall–Kier alpha value is -3.03. The molecule has 1 aromatic carbocycles. The minimum Gasteiger partial charge on any atom is -0.342 e. The lowest BCUT2D eigenvalue weighted by atomic mass is 10.1. The second-order valence-corrected chi connectivity index (χ2v) is 5.13. The van der Waals surface area contributed by atoms with Crippen molar-refractivity contribution in [3.8, 4) is 0 Å². The maximum Gasteiger partial charge on any atom is 0.222 e. The Labute approximate surface area is 133 Å². The molecule has 0 saturated carbocycles. The minimum absolute atomic E-state index is 0.0858. The Bertz CT molecular complexity index is 751. The van der Waals surface area contributed by atoms with Gasteiger partial charge in [-0.15, -0.1) is 5.10 Å². The first kappa shape index (κ1) is 14.9. The van der Waals surface area contributed by atoms with Crippen molar-refractivity contribution in [2.24, 2.45) is 7.05 Å². The van der Waals surface area contributed by atoms with Crippen LogP contribution in [0.1, 0.15) is 23.9 Å². The summed E-state index contributed by atoms with van der Waals surface area (Å²) in [7, 11) is 1.91. The summed E-state index contributed by atoms with van der Waals surface area (Å²) >= 11 is 0. The molecule has 0 aliphatic heterocycles. The molecular formula is C15H17N7O. The minimum atomic E-state index is -0.294. The van der Waals surface area contributed by atoms with Crippen LogP contribution in [0.4, 0.5) is 0 Å². The first-order valence-corrected chi connectivity index (χ1v) is 7.26. The zero-order valence-electron chi connectivity index (χ0n) is 12.7. The van der Waals surface area contributed by atoms with E-state index in [1.54, 1.807) is 6.20 Å². The third-order valence-electron chi connectivity index (χ3n) is 3.51. The van der Waals surface area contributed by atoms with E-state index in [1.165, 1.54) is 11.0 Å². The Morgan fingerprint density at radius 2 is 2.13 bits per heavy atom. The van der Waals surface area contributed by atoms with Crippen LogP contribution in [0, 0.1) is 0 Å². The molecule has 2 heterocycles. The quantitative estimate of drug-likeness (QED) is 0.724. The number of aromatic nitrogens is 6. The Kier molecular flexibility index (Phi) is 4.41. The molecule has 118 valence electrons. The molecule has 0 aliphatic carbocycles. The van der Waals surface area contributed by atoms with Gasteiger partial charge in [-0.05, 0) is 16.0 Å². The highest BCUT2D eigenvalue weighted by Gasteiger charge is 2.20. The fraction of sp³-hybridized carbons (Fsp3) is 0.267. The molecule has 2 aromatic heterocycles. The Morgan fingerprint density at radius 1 is 1.30 bits per heavy atom. The van der Waals surface area contributed by atoms with E-state index in [0.717, 1.165) is 11.4 Å². The average Bonchev–Trinajstić information content (AvgIpc) is 3.23. The van der Waals surface area contributed by atoms with E-state index < -0.39 is 0 Å². The number of hydrogen-bond donors (Lipinski definition) is 1. The lowest BCUT2D eigenvalue weighted by Gasteiger charge is -2.19. The van der Waals surface area contributed by atoms with Gasteiger partial charge in [0.05, 0.1) is 6.54 Å². The number of imidazole rings is 1. The first-order chi connectivity index (χ1) is 11.2. The molecule has 3 rings (SSSR count). The zero-order chi connectivity index (χ0) is 16.1. The standard InChI is InChI=1S/C15H17N7O/c1-21-10-8-16-15(21)14(12-5-3-2-4-6-12)18-13(23)7-9-22-11-17-19-20-22/h2-6,8,10-11,14H,7,9H2,1H3,(H,18,23)/t14-/m0/s1. The van der Waals surface area contributed by atoms with Crippen molar-refractivity contribution in [3.63, 3.8) is 0 Å². The maximum atomic E-state index is 12.3. The average molecular weight is 311 g/mol. The van der Waals surface area contributed by atoms with Crippen LogP contribution in [0.25, 0.3) is 0 Å². The van der Waals surface area contributed by atoms with Gasteiger partial charge >= 0.3 is 0 Å². The SMILES string of the molecule is Cn1ccnc1[C@@H](NC(=O)CCn1cnnn1)c1ccccc1. The van der Waals surface area contributed by atoms with Gasteiger partial charge in [-0.1, -0.05) is 30.3 Å². The van der Waals surface area contributed by atoms with E-state index >= 15 is 0 Å². The van der Waals surface area contributed by atoms with Gasteiger partial charge in [0.1, 0.15) is 18.2 Å². The van der Waals surface area contributed by atoms with E-state index in [2.05, 4.69) is 25.8 Å². The number of amides is 1. The van der Waals surface area contributed by atoms with E-state index in [0.29, 0.717) is 13.0 Å². The van der Waals surface area contributed by atoms with Crippen LogP contribution < -0.4 is 5.32 Å². The van der Waals surface area contributed by atoms with Crippen LogP contribution >= 0.6 is 0 Å². The Morgan fingerprint density at radius 3 is 2.78 bits per heavy atom. The second kappa shape index (κ2) is 6.82. The number of carbonyl (C=O) groups is 1. The maximum absolute atomic E-state index is 12.3. The summed E-state index contributed by atoms with van der Waals surface area (Å²) in [5.41, 5.74) is 0.984. The molecule has 8 nitrogen and oxygen atoms in total. The monoisotopic (exact) mass is 311 g/mol. The summed E-state index contributed by atoms with van der Waals surface area (Å²) in [6.45, 7) is 0.431. The van der Waals surface area contributed by atoms with Gasteiger partial charge in [-0.2, -0.15) is 0 Å².